The summed E-state index contributed by atoms with van der Waals surface area (Å²) in [7, 11) is 2.75. The molecular formula is C32H24N4O6. The van der Waals surface area contributed by atoms with Crippen LogP contribution in [0.3, 0.4) is 0 Å². The fraction of sp³-hybridized carbons (Fsp3) is 0.188. The van der Waals surface area contributed by atoms with Crippen LogP contribution in [0.15, 0.2) is 139 Å². The van der Waals surface area contributed by atoms with Gasteiger partial charge in [0.15, 0.2) is 11.5 Å². The van der Waals surface area contributed by atoms with Gasteiger partial charge in [0.2, 0.25) is 30.0 Å². The first-order valence-corrected chi connectivity index (χ1v) is 12.6. The standard InChI is InChI=1S/C32H24N4O6/c1-41-29-17-25(13-14-31(29,33-19-37)34-20-38)27-18-26(15-23-9-5-3-6-10-23)32(35-21-39,36-22-40)30(42-2)28(27)16-24-11-7-4-8-12-24/h3-14,17-18H,15-16H2,1-2H3. The largest absolute Gasteiger partial charge is 0.496 e. The monoisotopic (exact) mass is 560 g/mol. The number of isocyanates is 4. The highest BCUT2D eigenvalue weighted by Gasteiger charge is 2.46. The van der Waals surface area contributed by atoms with Crippen molar-refractivity contribution < 1.29 is 28.7 Å². The highest BCUT2D eigenvalue weighted by atomic mass is 16.5. The predicted octanol–water partition coefficient (Wildman–Crippen LogP) is 4.44. The lowest BCUT2D eigenvalue weighted by Crippen LogP contribution is -2.36. The zero-order chi connectivity index (χ0) is 30.0. The molecule has 0 radical (unpaired) electrons. The third-order valence-electron chi connectivity index (χ3n) is 6.87. The average molecular weight is 561 g/mol. The second-order valence-electron chi connectivity index (χ2n) is 9.13. The van der Waals surface area contributed by atoms with Gasteiger partial charge in [-0.05, 0) is 52.5 Å². The number of carbonyl (C=O) groups excluding carboxylic acids is 4. The summed E-state index contributed by atoms with van der Waals surface area (Å²) < 4.78 is 11.4. The number of methoxy groups -OCH3 is 2. The summed E-state index contributed by atoms with van der Waals surface area (Å²) in [6.07, 6.45) is 12.9. The van der Waals surface area contributed by atoms with Crippen molar-refractivity contribution in [2.45, 2.75) is 24.2 Å². The van der Waals surface area contributed by atoms with E-state index < -0.39 is 11.3 Å². The Morgan fingerprint density at radius 3 is 1.74 bits per heavy atom. The van der Waals surface area contributed by atoms with Crippen LogP contribution in [-0.4, -0.2) is 49.9 Å². The average Bonchev–Trinajstić information content (AvgIpc) is 3.00. The first kappa shape index (κ1) is 29.2. The fourth-order valence-electron chi connectivity index (χ4n) is 5.04. The molecule has 2 aromatic rings. The van der Waals surface area contributed by atoms with E-state index in [-0.39, 0.29) is 24.4 Å². The van der Waals surface area contributed by atoms with Crippen LogP contribution in [0.2, 0.25) is 0 Å². The number of allylic oxidation sites excluding steroid dienone is 6. The maximum Gasteiger partial charge on any atom is 0.252 e. The molecule has 0 saturated heterocycles. The maximum absolute atomic E-state index is 11.8. The molecule has 0 heterocycles. The first-order chi connectivity index (χ1) is 20.5. The predicted molar refractivity (Wildman–Crippen MR) is 152 cm³/mol. The minimum absolute atomic E-state index is 0.0592. The molecule has 2 aliphatic rings. The third-order valence-corrected chi connectivity index (χ3v) is 6.87. The normalized spacial score (nSPS) is 22.7. The summed E-state index contributed by atoms with van der Waals surface area (Å²) in [4.78, 5) is 61.5. The van der Waals surface area contributed by atoms with Crippen molar-refractivity contribution in [1.82, 2.24) is 0 Å². The van der Waals surface area contributed by atoms with Gasteiger partial charge < -0.3 is 9.47 Å². The van der Waals surface area contributed by atoms with Crippen LogP contribution in [0.4, 0.5) is 0 Å². The van der Waals surface area contributed by atoms with E-state index >= 15 is 0 Å². The van der Waals surface area contributed by atoms with E-state index in [1.807, 2.05) is 60.7 Å². The summed E-state index contributed by atoms with van der Waals surface area (Å²) in [5.41, 5.74) is 0.282. The third kappa shape index (κ3) is 5.60. The van der Waals surface area contributed by atoms with Crippen LogP contribution in [0, 0.1) is 0 Å². The fourth-order valence-corrected chi connectivity index (χ4v) is 5.04. The van der Waals surface area contributed by atoms with E-state index in [0.29, 0.717) is 22.3 Å². The first-order valence-electron chi connectivity index (χ1n) is 12.6. The SMILES string of the molecule is COC1=CC(=C2C=C(Cc3ccccc3)C(N=C=O)(N=C=O)C(OC)=C2Cc2ccccc2)C=CC1(N=C=O)N=C=O. The molecular weight excluding hydrogens is 536 g/mol. The van der Waals surface area contributed by atoms with E-state index in [9.17, 15) is 19.2 Å². The lowest BCUT2D eigenvalue weighted by atomic mass is 9.77. The van der Waals surface area contributed by atoms with Crippen LogP contribution in [0.5, 0.6) is 0 Å². The Morgan fingerprint density at radius 2 is 1.24 bits per heavy atom. The van der Waals surface area contributed by atoms with E-state index in [1.165, 1.54) is 32.5 Å². The molecule has 2 aliphatic carbocycles. The van der Waals surface area contributed by atoms with Crippen molar-refractivity contribution in [3.05, 3.63) is 130 Å². The highest BCUT2D eigenvalue weighted by Crippen LogP contribution is 2.45. The molecule has 2 aromatic carbocycles. The van der Waals surface area contributed by atoms with Gasteiger partial charge in [-0.1, -0.05) is 66.7 Å². The van der Waals surface area contributed by atoms with Gasteiger partial charge in [0.25, 0.3) is 5.66 Å². The van der Waals surface area contributed by atoms with E-state index in [4.69, 9.17) is 9.47 Å². The highest BCUT2D eigenvalue weighted by molar-refractivity contribution is 5.66. The smallest absolute Gasteiger partial charge is 0.252 e. The molecule has 0 aliphatic heterocycles. The molecule has 0 unspecified atom stereocenters. The Kier molecular flexibility index (Phi) is 9.11. The molecule has 0 saturated carbocycles. The molecule has 42 heavy (non-hydrogen) atoms. The molecule has 208 valence electrons. The lowest BCUT2D eigenvalue weighted by molar-refractivity contribution is 0.231. The van der Waals surface area contributed by atoms with Crippen LogP contribution < -0.4 is 0 Å². The maximum atomic E-state index is 11.8. The van der Waals surface area contributed by atoms with Crippen LogP contribution in [-0.2, 0) is 41.5 Å². The van der Waals surface area contributed by atoms with Gasteiger partial charge >= 0.3 is 0 Å². The van der Waals surface area contributed by atoms with Crippen molar-refractivity contribution in [3.63, 3.8) is 0 Å². The summed E-state index contributed by atoms with van der Waals surface area (Å²) in [6.45, 7) is 0. The van der Waals surface area contributed by atoms with Gasteiger partial charge in [-0.25, -0.2) is 19.2 Å². The van der Waals surface area contributed by atoms with Gasteiger partial charge in [-0.3, -0.25) is 0 Å². The number of hydrogen-bond acceptors (Lipinski definition) is 10. The number of ether oxygens (including phenoxy) is 2. The van der Waals surface area contributed by atoms with Gasteiger partial charge in [0, 0.05) is 12.0 Å². The van der Waals surface area contributed by atoms with Crippen molar-refractivity contribution in [2.24, 2.45) is 20.0 Å². The Bertz CT molecular complexity index is 1670. The number of nitrogens with zero attached hydrogens (tertiary/aromatic N) is 4. The second kappa shape index (κ2) is 13.1. The van der Waals surface area contributed by atoms with Gasteiger partial charge in [0.1, 0.15) is 0 Å². The quantitative estimate of drug-likeness (QED) is 0.311. The van der Waals surface area contributed by atoms with Crippen molar-refractivity contribution in [1.29, 1.82) is 0 Å². The molecule has 0 bridgehead atoms. The van der Waals surface area contributed by atoms with Crippen LogP contribution >= 0.6 is 0 Å². The summed E-state index contributed by atoms with van der Waals surface area (Å²) >= 11 is 0. The van der Waals surface area contributed by atoms with Crippen molar-refractivity contribution in [2.75, 3.05) is 14.2 Å². The summed E-state index contributed by atoms with van der Waals surface area (Å²) in [6, 6.07) is 18.8. The molecule has 0 spiro atoms. The Morgan fingerprint density at radius 1 is 0.690 bits per heavy atom. The van der Waals surface area contributed by atoms with Gasteiger partial charge in [-0.15, -0.1) is 0 Å². The summed E-state index contributed by atoms with van der Waals surface area (Å²) in [5.74, 6) is 0.187. The van der Waals surface area contributed by atoms with Crippen LogP contribution in [0.25, 0.3) is 0 Å². The molecule has 0 N–H and O–H groups in total. The Balaban J connectivity index is 2.09. The van der Waals surface area contributed by atoms with E-state index in [2.05, 4.69) is 20.0 Å². The van der Waals surface area contributed by atoms with E-state index in [0.717, 1.165) is 11.1 Å². The summed E-state index contributed by atoms with van der Waals surface area (Å²) in [5, 5.41) is 0. The van der Waals surface area contributed by atoms with Gasteiger partial charge in [0.05, 0.1) is 14.2 Å². The number of hydrogen-bond donors (Lipinski definition) is 0. The second-order valence-corrected chi connectivity index (χ2v) is 9.13. The van der Waals surface area contributed by atoms with Crippen LogP contribution in [0.1, 0.15) is 11.1 Å². The molecule has 0 fully saturated rings. The molecule has 0 aromatic heterocycles. The zero-order valence-corrected chi connectivity index (χ0v) is 22.7. The lowest BCUT2D eigenvalue weighted by Gasteiger charge is -2.35. The molecule has 4 rings (SSSR count). The topological polar surface area (TPSA) is 136 Å². The number of benzene rings is 2. The minimum atomic E-state index is -1.86. The zero-order valence-electron chi connectivity index (χ0n) is 22.7. The van der Waals surface area contributed by atoms with E-state index in [1.54, 1.807) is 30.4 Å². The molecule has 10 nitrogen and oxygen atoms in total. The Labute approximate surface area is 241 Å². The molecule has 0 amide bonds. The number of rotatable bonds is 10. The molecule has 0 atom stereocenters. The molecule has 10 heteroatoms. The van der Waals surface area contributed by atoms with Gasteiger partial charge in [-0.2, -0.15) is 20.0 Å². The Hall–Kier alpha value is -5.74. The number of aliphatic imine (C=N–C) groups is 4. The van der Waals surface area contributed by atoms with Crippen molar-refractivity contribution >= 4 is 24.3 Å². The minimum Gasteiger partial charge on any atom is -0.496 e. The van der Waals surface area contributed by atoms with Crippen molar-refractivity contribution in [3.8, 4) is 0 Å².